The normalized spacial score (nSPS) is 17.3. The first-order valence-electron chi connectivity index (χ1n) is 15.5. The molecular formula is C33H35B2N2O12S2-. The molecule has 4 aromatic rings. The molecule has 6 rings (SSSR count). The number of benzene rings is 4. The molecule has 2 unspecified atom stereocenters. The van der Waals surface area contributed by atoms with E-state index in [9.17, 15) is 32.0 Å². The van der Waals surface area contributed by atoms with E-state index in [2.05, 4.69) is 4.40 Å². The number of nitrogens with zero attached hydrogens (tertiary/aromatic N) is 1. The lowest BCUT2D eigenvalue weighted by Gasteiger charge is -2.29. The van der Waals surface area contributed by atoms with E-state index < -0.39 is 63.9 Å². The molecule has 268 valence electrons. The van der Waals surface area contributed by atoms with Crippen LogP contribution in [0.3, 0.4) is 0 Å². The van der Waals surface area contributed by atoms with Crippen molar-refractivity contribution in [2.75, 3.05) is 11.5 Å². The van der Waals surface area contributed by atoms with Crippen LogP contribution in [-0.4, -0.2) is 64.3 Å². The van der Waals surface area contributed by atoms with Gasteiger partial charge in [0.25, 0.3) is 10.0 Å². The quantitative estimate of drug-likeness (QED) is 0.127. The minimum atomic E-state index is -4.18. The minimum Gasteiger partial charge on any atom is -0.594 e. The van der Waals surface area contributed by atoms with E-state index >= 15 is 0 Å². The third-order valence-electron chi connectivity index (χ3n) is 7.24. The van der Waals surface area contributed by atoms with Crippen LogP contribution in [0.4, 0.5) is 0 Å². The summed E-state index contributed by atoms with van der Waals surface area (Å²) >= 11 is 0. The fourth-order valence-corrected chi connectivity index (χ4v) is 6.85. The van der Waals surface area contributed by atoms with Gasteiger partial charge in [0.15, 0.2) is 6.08 Å². The lowest BCUT2D eigenvalue weighted by molar-refractivity contribution is -0.259. The summed E-state index contributed by atoms with van der Waals surface area (Å²) in [4.78, 5) is 0. The number of hydrogen-bond donors (Lipinski definition) is 3. The second-order valence-corrected chi connectivity index (χ2v) is 15.9. The molecule has 0 saturated carbocycles. The largest absolute Gasteiger partial charge is 0.594 e. The van der Waals surface area contributed by atoms with Gasteiger partial charge in [0.2, 0.25) is 10.0 Å². The van der Waals surface area contributed by atoms with Crippen LogP contribution in [0.2, 0.25) is 0 Å². The van der Waals surface area contributed by atoms with Gasteiger partial charge in [-0.1, -0.05) is 69.3 Å². The first-order valence-corrected chi connectivity index (χ1v) is 18.9. The van der Waals surface area contributed by atoms with Crippen LogP contribution in [0.15, 0.2) is 101 Å². The Hall–Kier alpha value is -4.42. The number of rotatable bonds is 9. The molecule has 0 fully saturated rings. The van der Waals surface area contributed by atoms with Crippen molar-refractivity contribution in [3.8, 4) is 23.0 Å². The number of nitrogens with two attached hydrogens (primary N) is 1. The van der Waals surface area contributed by atoms with E-state index in [0.717, 1.165) is 0 Å². The molecule has 51 heavy (non-hydrogen) atoms. The predicted octanol–water partition coefficient (Wildman–Crippen LogP) is 1.63. The number of para-hydroxylation sites is 2. The van der Waals surface area contributed by atoms with Gasteiger partial charge in [-0.3, -0.25) is 0 Å². The zero-order valence-electron chi connectivity index (χ0n) is 27.8. The zero-order valence-corrected chi connectivity index (χ0v) is 29.4. The molecule has 14 nitrogen and oxygen atoms in total. The molecule has 0 amide bonds. The Labute approximate surface area is 296 Å². The topological polar surface area (TPSA) is 216 Å². The van der Waals surface area contributed by atoms with Crippen LogP contribution in [0, 0.1) is 0 Å². The summed E-state index contributed by atoms with van der Waals surface area (Å²) in [5.74, 6) is 1.31. The van der Waals surface area contributed by atoms with Gasteiger partial charge in [-0.05, 0) is 70.6 Å². The predicted molar refractivity (Wildman–Crippen MR) is 189 cm³/mol. The van der Waals surface area contributed by atoms with Gasteiger partial charge < -0.3 is 38.7 Å². The number of hydrogen-bond acceptors (Lipinski definition) is 12. The van der Waals surface area contributed by atoms with E-state index in [1.165, 1.54) is 0 Å². The van der Waals surface area contributed by atoms with E-state index in [0.29, 0.717) is 45.1 Å². The number of primary sulfonamides is 1. The Morgan fingerprint density at radius 1 is 0.745 bits per heavy atom. The third kappa shape index (κ3) is 10.8. The average molecular weight is 737 g/mol. The van der Waals surface area contributed by atoms with Crippen LogP contribution < -0.4 is 30.6 Å². The molecule has 4 N–H and O–H groups in total. The van der Waals surface area contributed by atoms with Crippen molar-refractivity contribution in [2.45, 2.75) is 38.6 Å². The van der Waals surface area contributed by atoms with Gasteiger partial charge in [-0.2, -0.15) is 0 Å². The van der Waals surface area contributed by atoms with E-state index in [4.69, 9.17) is 28.7 Å². The Morgan fingerprint density at radius 3 is 1.59 bits per heavy atom. The summed E-state index contributed by atoms with van der Waals surface area (Å²) in [6.45, 7) is 4.82. The van der Waals surface area contributed by atoms with Crippen molar-refractivity contribution in [3.63, 3.8) is 0 Å². The highest BCUT2D eigenvalue weighted by Crippen LogP contribution is 2.30. The molecule has 0 saturated heterocycles. The Balaban J connectivity index is 0.000000205. The number of ether oxygens (including phenoxy) is 3. The molecule has 2 heterocycles. The molecule has 2 atom stereocenters. The van der Waals surface area contributed by atoms with Crippen LogP contribution in [0.5, 0.6) is 23.0 Å². The molecule has 0 spiro atoms. The molecule has 0 radical (unpaired) electrons. The van der Waals surface area contributed by atoms with Crippen LogP contribution in [-0.2, 0) is 34.1 Å². The summed E-state index contributed by atoms with van der Waals surface area (Å²) in [5, 5.41) is 36.8. The van der Waals surface area contributed by atoms with E-state index in [1.807, 2.05) is 48.5 Å². The highest BCUT2D eigenvalue weighted by Gasteiger charge is 2.38. The zero-order chi connectivity index (χ0) is 37.0. The summed E-state index contributed by atoms with van der Waals surface area (Å²) < 4.78 is 77.0. The second-order valence-electron chi connectivity index (χ2n) is 12.5. The lowest BCUT2D eigenvalue weighted by Crippen LogP contribution is -2.33. The SMILES string of the molecule is CC(C)(C)OC([O-])=NS(=O)(=O)CC1OB(O)c2cc(Oc3ccccc3)ccc21.NS(=O)(=O)CC1OB(O)c2cc(Oc3ccccc3)ccc21. The highest BCUT2D eigenvalue weighted by atomic mass is 32.2. The smallest absolute Gasteiger partial charge is 0.492 e. The number of sulfonamides is 2. The standard InChI is InChI=1S/C19H22BNO7S.C14H14BNO5S/c1-19(2,3)27-18(22)21-29(24,25)12-17-15-10-9-14(11-16(15)20(23)28-17)26-13-7-5-4-6-8-13;16-22(18,19)9-14-12-7-6-11(8-13(12)15(17)21-14)20-10-4-2-1-3-5-10/h4-11,17,23H,12H2,1-3H3,(H,21,22);1-8,14,17H,9H2,(H2,16,18,19)/p-1. The molecule has 0 aromatic heterocycles. The number of fused-ring (bicyclic) bond motifs is 2. The molecule has 0 bridgehead atoms. The second kappa shape index (κ2) is 15.4. The van der Waals surface area contributed by atoms with Crippen molar-refractivity contribution in [1.29, 1.82) is 0 Å². The fraction of sp³-hybridized carbons (Fsp3) is 0.242. The van der Waals surface area contributed by atoms with Gasteiger partial charge in [0.05, 0.1) is 18.0 Å². The van der Waals surface area contributed by atoms with Crippen molar-refractivity contribution < 1.29 is 55.5 Å². The van der Waals surface area contributed by atoms with Gasteiger partial charge in [0, 0.05) is 5.60 Å². The lowest BCUT2D eigenvalue weighted by atomic mass is 9.79. The molecule has 2 aliphatic rings. The average Bonchev–Trinajstić information content (AvgIpc) is 3.49. The van der Waals surface area contributed by atoms with Gasteiger partial charge in [-0.25, -0.2) is 22.0 Å². The summed E-state index contributed by atoms with van der Waals surface area (Å²) in [6.07, 6.45) is -2.93. The Bertz CT molecular complexity index is 2080. The maximum atomic E-state index is 12.3. The third-order valence-corrected chi connectivity index (χ3v) is 9.16. The van der Waals surface area contributed by atoms with Gasteiger partial charge >= 0.3 is 14.2 Å². The molecular weight excluding hydrogens is 702 g/mol. The monoisotopic (exact) mass is 737 g/mol. The molecule has 2 aliphatic heterocycles. The maximum absolute atomic E-state index is 12.3. The Kier molecular flexibility index (Phi) is 11.5. The van der Waals surface area contributed by atoms with Crippen molar-refractivity contribution in [2.24, 2.45) is 9.54 Å². The van der Waals surface area contributed by atoms with Gasteiger partial charge in [0.1, 0.15) is 28.8 Å². The Morgan fingerprint density at radius 2 is 1.18 bits per heavy atom. The van der Waals surface area contributed by atoms with Gasteiger partial charge in [-0.15, -0.1) is 4.40 Å². The fourth-order valence-electron chi connectivity index (χ4n) is 5.19. The van der Waals surface area contributed by atoms with E-state index in [-0.39, 0.29) is 5.75 Å². The molecule has 18 heteroatoms. The molecule has 0 aliphatic carbocycles. The molecule has 4 aromatic carbocycles. The minimum absolute atomic E-state index is 0.379. The summed E-state index contributed by atoms with van der Waals surface area (Å²) in [7, 11) is -10.4. The van der Waals surface area contributed by atoms with Crippen LogP contribution in [0.25, 0.3) is 0 Å². The first-order chi connectivity index (χ1) is 23.9. The van der Waals surface area contributed by atoms with Crippen molar-refractivity contribution >= 4 is 51.3 Å². The van der Waals surface area contributed by atoms with Crippen molar-refractivity contribution in [1.82, 2.24) is 0 Å². The highest BCUT2D eigenvalue weighted by molar-refractivity contribution is 7.90. The summed E-state index contributed by atoms with van der Waals surface area (Å²) in [5.41, 5.74) is 1.11. The first kappa shape index (κ1) is 37.8. The maximum Gasteiger partial charge on any atom is 0.492 e. The van der Waals surface area contributed by atoms with Crippen LogP contribution >= 0.6 is 0 Å². The van der Waals surface area contributed by atoms with Crippen LogP contribution in [0.1, 0.15) is 44.1 Å². The summed E-state index contributed by atoms with van der Waals surface area (Å²) in [6, 6.07) is 28.2. The van der Waals surface area contributed by atoms with E-state index in [1.54, 1.807) is 69.3 Å². The van der Waals surface area contributed by atoms with Crippen molar-refractivity contribution in [3.05, 3.63) is 108 Å².